The fraction of sp³-hybridized carbons (Fsp3) is 0.250. The summed E-state index contributed by atoms with van der Waals surface area (Å²) in [6.45, 7) is 1.40. The molecule has 0 aliphatic heterocycles. The minimum Gasteiger partial charge on any atom is -0.205 e. The fourth-order valence-electron chi connectivity index (χ4n) is 0.863. The zero-order valence-electron chi connectivity index (χ0n) is 6.95. The molecule has 1 aromatic carbocycles. The van der Waals surface area contributed by atoms with E-state index < -0.39 is 11.3 Å². The predicted molar refractivity (Wildman–Crippen MR) is 48.1 cm³/mol. The van der Waals surface area contributed by atoms with Gasteiger partial charge in [0.25, 0.3) is 0 Å². The van der Waals surface area contributed by atoms with Crippen molar-refractivity contribution in [2.75, 3.05) is 0 Å². The molecule has 1 aromatic rings. The Labute approximate surface area is 87.2 Å². The first-order valence-corrected chi connectivity index (χ1v) is 4.70. The summed E-state index contributed by atoms with van der Waals surface area (Å²) in [5.74, 6) is -0.712. The van der Waals surface area contributed by atoms with Gasteiger partial charge in [-0.05, 0) is 36.4 Å². The average Bonchev–Trinajstić information content (AvgIpc) is 1.97. The second-order valence-corrected chi connectivity index (χ2v) is 4.09. The van der Waals surface area contributed by atoms with Gasteiger partial charge in [0.05, 0.1) is 5.02 Å². The Hall–Kier alpha value is -0.420. The highest BCUT2D eigenvalue weighted by atomic mass is 35.5. The summed E-state index contributed by atoms with van der Waals surface area (Å²) in [4.78, 5) is -0.0797. The molecule has 14 heavy (non-hydrogen) atoms. The third-order valence-electron chi connectivity index (χ3n) is 1.44. The van der Waals surface area contributed by atoms with Crippen molar-refractivity contribution < 1.29 is 17.6 Å². The Morgan fingerprint density at radius 1 is 1.29 bits per heavy atom. The maximum atomic E-state index is 12.8. The molecule has 0 aliphatic carbocycles. The molecule has 0 atom stereocenters. The monoisotopic (exact) mass is 244 g/mol. The predicted octanol–water partition coefficient (Wildman–Crippen LogP) is 4.40. The summed E-state index contributed by atoms with van der Waals surface area (Å²) in [6, 6.07) is 1.96. The molecule has 0 amide bonds. The maximum absolute atomic E-state index is 12.8. The van der Waals surface area contributed by atoms with Gasteiger partial charge in [0.1, 0.15) is 5.82 Å². The molecule has 0 saturated carbocycles. The molecule has 0 fully saturated rings. The quantitative estimate of drug-likeness (QED) is 0.521. The topological polar surface area (TPSA) is 0 Å². The number of benzene rings is 1. The van der Waals surface area contributed by atoms with Crippen LogP contribution in [0.25, 0.3) is 0 Å². The van der Waals surface area contributed by atoms with Crippen molar-refractivity contribution >= 4 is 23.4 Å². The van der Waals surface area contributed by atoms with E-state index in [1.165, 1.54) is 6.92 Å². The molecule has 0 nitrogen and oxygen atoms in total. The van der Waals surface area contributed by atoms with Crippen LogP contribution >= 0.6 is 23.4 Å². The molecule has 0 bridgehead atoms. The number of hydrogen-bond donors (Lipinski definition) is 0. The first kappa shape index (κ1) is 11.7. The first-order valence-electron chi connectivity index (χ1n) is 3.51. The van der Waals surface area contributed by atoms with Crippen molar-refractivity contribution in [3.63, 3.8) is 0 Å². The Morgan fingerprint density at radius 3 is 2.36 bits per heavy atom. The number of aryl methyl sites for hydroxylation is 1. The van der Waals surface area contributed by atoms with Gasteiger partial charge < -0.3 is 0 Å². The molecule has 0 spiro atoms. The van der Waals surface area contributed by atoms with Crippen LogP contribution in [0.1, 0.15) is 5.56 Å². The second-order valence-electron chi connectivity index (χ2n) is 2.58. The summed E-state index contributed by atoms with van der Waals surface area (Å²) < 4.78 is 48.7. The molecular weight excluding hydrogens is 240 g/mol. The Kier molecular flexibility index (Phi) is 3.32. The lowest BCUT2D eigenvalue weighted by atomic mass is 10.2. The molecule has 0 radical (unpaired) electrons. The van der Waals surface area contributed by atoms with Gasteiger partial charge in [-0.2, -0.15) is 13.2 Å². The van der Waals surface area contributed by atoms with Crippen LogP contribution in [-0.2, 0) is 0 Å². The minimum atomic E-state index is -4.38. The van der Waals surface area contributed by atoms with Gasteiger partial charge in [0.15, 0.2) is 0 Å². The van der Waals surface area contributed by atoms with Gasteiger partial charge in [0.2, 0.25) is 0 Å². The number of rotatable bonds is 1. The third-order valence-corrected chi connectivity index (χ3v) is 2.62. The summed E-state index contributed by atoms with van der Waals surface area (Å²) in [5, 5.41) is -0.303. The van der Waals surface area contributed by atoms with Gasteiger partial charge in [-0.1, -0.05) is 11.6 Å². The highest BCUT2D eigenvalue weighted by Gasteiger charge is 2.30. The number of hydrogen-bond acceptors (Lipinski definition) is 1. The van der Waals surface area contributed by atoms with Crippen LogP contribution in [0.2, 0.25) is 5.02 Å². The van der Waals surface area contributed by atoms with Crippen LogP contribution in [0.4, 0.5) is 17.6 Å². The largest absolute Gasteiger partial charge is 0.446 e. The van der Waals surface area contributed by atoms with Crippen LogP contribution in [0, 0.1) is 12.7 Å². The Balaban J connectivity index is 3.04. The summed E-state index contributed by atoms with van der Waals surface area (Å²) in [6.07, 6.45) is 0. The molecule has 0 saturated heterocycles. The van der Waals surface area contributed by atoms with Crippen LogP contribution < -0.4 is 0 Å². The van der Waals surface area contributed by atoms with E-state index in [9.17, 15) is 17.6 Å². The van der Waals surface area contributed by atoms with Crippen LogP contribution in [0.15, 0.2) is 17.0 Å². The van der Waals surface area contributed by atoms with Crippen molar-refractivity contribution in [3.8, 4) is 0 Å². The smallest absolute Gasteiger partial charge is 0.205 e. The molecule has 0 aromatic heterocycles. The zero-order valence-corrected chi connectivity index (χ0v) is 8.53. The van der Waals surface area contributed by atoms with Crippen LogP contribution in [-0.4, -0.2) is 5.51 Å². The number of thioether (sulfide) groups is 1. The Bertz CT molecular complexity index is 348. The molecule has 0 heterocycles. The van der Waals surface area contributed by atoms with E-state index in [1.54, 1.807) is 0 Å². The van der Waals surface area contributed by atoms with Gasteiger partial charge in [-0.25, -0.2) is 4.39 Å². The van der Waals surface area contributed by atoms with E-state index >= 15 is 0 Å². The summed E-state index contributed by atoms with van der Waals surface area (Å²) in [7, 11) is 0. The highest BCUT2D eigenvalue weighted by Crippen LogP contribution is 2.39. The standard InChI is InChI=1S/C8H5ClF4S/c1-4-2-6(10)5(9)3-7(4)14-8(11,12)13/h2-3H,1H3. The van der Waals surface area contributed by atoms with Gasteiger partial charge in [-0.3, -0.25) is 0 Å². The van der Waals surface area contributed by atoms with E-state index in [4.69, 9.17) is 11.6 Å². The molecule has 0 unspecified atom stereocenters. The van der Waals surface area contributed by atoms with E-state index in [0.717, 1.165) is 12.1 Å². The molecule has 0 aliphatic rings. The van der Waals surface area contributed by atoms with Crippen molar-refractivity contribution in [1.29, 1.82) is 0 Å². The SMILES string of the molecule is Cc1cc(F)c(Cl)cc1SC(F)(F)F. The molecule has 0 N–H and O–H groups in total. The molecule has 78 valence electrons. The van der Waals surface area contributed by atoms with Gasteiger partial charge in [0, 0.05) is 4.90 Å². The highest BCUT2D eigenvalue weighted by molar-refractivity contribution is 8.00. The van der Waals surface area contributed by atoms with Crippen molar-refractivity contribution in [2.24, 2.45) is 0 Å². The lowest BCUT2D eigenvalue weighted by Crippen LogP contribution is -2.00. The zero-order chi connectivity index (χ0) is 10.9. The van der Waals surface area contributed by atoms with E-state index in [0.29, 0.717) is 0 Å². The second kappa shape index (κ2) is 3.98. The minimum absolute atomic E-state index is 0.0797. The number of halogens is 5. The number of alkyl halides is 3. The molecule has 1 rings (SSSR count). The summed E-state index contributed by atoms with van der Waals surface area (Å²) in [5.41, 5.74) is -4.17. The molecule has 6 heteroatoms. The Morgan fingerprint density at radius 2 is 1.86 bits per heavy atom. The van der Waals surface area contributed by atoms with E-state index in [2.05, 4.69) is 0 Å². The summed E-state index contributed by atoms with van der Waals surface area (Å²) >= 11 is 5.06. The van der Waals surface area contributed by atoms with Crippen LogP contribution in [0.5, 0.6) is 0 Å². The third kappa shape index (κ3) is 3.06. The normalized spacial score (nSPS) is 11.9. The van der Waals surface area contributed by atoms with Crippen molar-refractivity contribution in [2.45, 2.75) is 17.3 Å². The average molecular weight is 245 g/mol. The molecular formula is C8H5ClF4S. The maximum Gasteiger partial charge on any atom is 0.446 e. The van der Waals surface area contributed by atoms with Crippen molar-refractivity contribution in [1.82, 2.24) is 0 Å². The first-order chi connectivity index (χ1) is 6.29. The fourth-order valence-corrected chi connectivity index (χ4v) is 1.74. The van der Waals surface area contributed by atoms with Crippen molar-refractivity contribution in [3.05, 3.63) is 28.5 Å². The van der Waals surface area contributed by atoms with E-state index in [1.807, 2.05) is 0 Å². The van der Waals surface area contributed by atoms with Gasteiger partial charge >= 0.3 is 5.51 Å². The lowest BCUT2D eigenvalue weighted by Gasteiger charge is -2.08. The van der Waals surface area contributed by atoms with Crippen LogP contribution in [0.3, 0.4) is 0 Å². The lowest BCUT2D eigenvalue weighted by molar-refractivity contribution is -0.0328. The van der Waals surface area contributed by atoms with E-state index in [-0.39, 0.29) is 27.2 Å². The van der Waals surface area contributed by atoms with Gasteiger partial charge in [-0.15, -0.1) is 0 Å².